The van der Waals surface area contributed by atoms with Gasteiger partial charge in [-0.05, 0) is 55.8 Å². The number of aromatic amines is 1. The van der Waals surface area contributed by atoms with E-state index in [4.69, 9.17) is 10.5 Å². The first-order valence-electron chi connectivity index (χ1n) is 6.61. The molecule has 1 unspecified atom stereocenters. The van der Waals surface area contributed by atoms with Crippen molar-refractivity contribution < 1.29 is 4.74 Å². The number of rotatable bonds is 2. The summed E-state index contributed by atoms with van der Waals surface area (Å²) in [7, 11) is 1.73. The summed E-state index contributed by atoms with van der Waals surface area (Å²) in [5.41, 5.74) is 11.1. The zero-order chi connectivity index (χ0) is 12.7. The maximum atomic E-state index is 5.83. The van der Waals surface area contributed by atoms with Crippen molar-refractivity contribution in [2.45, 2.75) is 26.2 Å². The molecular weight excluding hydrogens is 224 g/mol. The lowest BCUT2D eigenvalue weighted by atomic mass is 9.86. The van der Waals surface area contributed by atoms with Crippen LogP contribution in [0.2, 0.25) is 0 Å². The number of aromatic nitrogens is 1. The summed E-state index contributed by atoms with van der Waals surface area (Å²) in [6.45, 7) is 2.96. The van der Waals surface area contributed by atoms with Crippen LogP contribution in [0.25, 0.3) is 10.9 Å². The van der Waals surface area contributed by atoms with Crippen LogP contribution in [-0.2, 0) is 12.8 Å². The smallest absolute Gasteiger partial charge is 0.142 e. The molecule has 3 N–H and O–H groups in total. The average Bonchev–Trinajstić information content (AvgIpc) is 2.78. The molecule has 1 aliphatic rings. The van der Waals surface area contributed by atoms with Crippen molar-refractivity contribution in [3.8, 4) is 5.75 Å². The SMILES string of the molecule is COc1ccc(C)c2c3c([nH]c12)CCC(CN)C3. The Morgan fingerprint density at radius 2 is 2.28 bits per heavy atom. The zero-order valence-corrected chi connectivity index (χ0v) is 11.0. The molecule has 0 aliphatic heterocycles. The Kier molecular flexibility index (Phi) is 2.78. The summed E-state index contributed by atoms with van der Waals surface area (Å²) >= 11 is 0. The molecule has 0 radical (unpaired) electrons. The van der Waals surface area contributed by atoms with E-state index in [-0.39, 0.29) is 0 Å². The third kappa shape index (κ3) is 1.62. The minimum atomic E-state index is 0.627. The summed E-state index contributed by atoms with van der Waals surface area (Å²) in [6.07, 6.45) is 3.39. The van der Waals surface area contributed by atoms with Crippen molar-refractivity contribution in [3.63, 3.8) is 0 Å². The molecule has 0 spiro atoms. The second kappa shape index (κ2) is 4.32. The van der Waals surface area contributed by atoms with E-state index in [9.17, 15) is 0 Å². The van der Waals surface area contributed by atoms with E-state index in [0.29, 0.717) is 5.92 Å². The Labute approximate surface area is 107 Å². The van der Waals surface area contributed by atoms with Crippen LogP contribution in [0.15, 0.2) is 12.1 Å². The molecule has 1 aromatic carbocycles. The second-order valence-electron chi connectivity index (χ2n) is 5.26. The van der Waals surface area contributed by atoms with Gasteiger partial charge in [-0.15, -0.1) is 0 Å². The van der Waals surface area contributed by atoms with Crippen LogP contribution in [0.3, 0.4) is 0 Å². The second-order valence-corrected chi connectivity index (χ2v) is 5.26. The lowest BCUT2D eigenvalue weighted by Crippen LogP contribution is -2.21. The van der Waals surface area contributed by atoms with Gasteiger partial charge in [0.1, 0.15) is 5.75 Å². The molecule has 18 heavy (non-hydrogen) atoms. The lowest BCUT2D eigenvalue weighted by Gasteiger charge is -2.20. The number of aryl methyl sites for hydroxylation is 2. The normalized spacial score (nSPS) is 18.9. The van der Waals surface area contributed by atoms with E-state index in [1.807, 2.05) is 6.07 Å². The molecule has 0 fully saturated rings. The van der Waals surface area contributed by atoms with Crippen LogP contribution >= 0.6 is 0 Å². The summed E-state index contributed by atoms with van der Waals surface area (Å²) in [5.74, 6) is 1.57. The lowest BCUT2D eigenvalue weighted by molar-refractivity contribution is 0.419. The van der Waals surface area contributed by atoms with Crippen molar-refractivity contribution in [2.75, 3.05) is 13.7 Å². The first-order valence-corrected chi connectivity index (χ1v) is 6.61. The zero-order valence-electron chi connectivity index (χ0n) is 11.0. The maximum Gasteiger partial charge on any atom is 0.142 e. The first-order chi connectivity index (χ1) is 8.74. The van der Waals surface area contributed by atoms with Gasteiger partial charge in [0.05, 0.1) is 12.6 Å². The highest BCUT2D eigenvalue weighted by Gasteiger charge is 2.23. The van der Waals surface area contributed by atoms with Gasteiger partial charge in [-0.1, -0.05) is 6.07 Å². The molecule has 1 aromatic heterocycles. The molecule has 0 bridgehead atoms. The fraction of sp³-hybridized carbons (Fsp3) is 0.467. The first kappa shape index (κ1) is 11.6. The van der Waals surface area contributed by atoms with E-state index < -0.39 is 0 Å². The third-order valence-corrected chi connectivity index (χ3v) is 4.17. The molecule has 0 saturated carbocycles. The van der Waals surface area contributed by atoms with Gasteiger partial charge in [0.2, 0.25) is 0 Å². The van der Waals surface area contributed by atoms with Crippen LogP contribution in [0.1, 0.15) is 23.2 Å². The van der Waals surface area contributed by atoms with Crippen LogP contribution in [-0.4, -0.2) is 18.6 Å². The standard InChI is InChI=1S/C15H20N2O/c1-9-3-6-13(18-2)15-14(9)11-7-10(8-16)4-5-12(11)17-15/h3,6,10,17H,4-5,7-8,16H2,1-2H3. The van der Waals surface area contributed by atoms with Gasteiger partial charge in [-0.25, -0.2) is 0 Å². The number of hydrogen-bond donors (Lipinski definition) is 2. The van der Waals surface area contributed by atoms with E-state index in [2.05, 4.69) is 18.0 Å². The Balaban J connectivity index is 2.22. The minimum absolute atomic E-state index is 0.627. The minimum Gasteiger partial charge on any atom is -0.495 e. The van der Waals surface area contributed by atoms with Gasteiger partial charge < -0.3 is 15.5 Å². The van der Waals surface area contributed by atoms with Crippen molar-refractivity contribution >= 4 is 10.9 Å². The van der Waals surface area contributed by atoms with E-state index >= 15 is 0 Å². The Hall–Kier alpha value is -1.48. The number of nitrogens with two attached hydrogens (primary N) is 1. The molecule has 0 amide bonds. The van der Waals surface area contributed by atoms with Gasteiger partial charge in [0, 0.05) is 11.1 Å². The Morgan fingerprint density at radius 1 is 1.44 bits per heavy atom. The van der Waals surface area contributed by atoms with Gasteiger partial charge in [-0.2, -0.15) is 0 Å². The highest BCUT2D eigenvalue weighted by atomic mass is 16.5. The Morgan fingerprint density at radius 3 is 3.00 bits per heavy atom. The maximum absolute atomic E-state index is 5.83. The van der Waals surface area contributed by atoms with Crippen molar-refractivity contribution in [1.29, 1.82) is 0 Å². The number of methoxy groups -OCH3 is 1. The van der Waals surface area contributed by atoms with Crippen LogP contribution < -0.4 is 10.5 Å². The number of ether oxygens (including phenoxy) is 1. The predicted molar refractivity (Wildman–Crippen MR) is 74.2 cm³/mol. The number of hydrogen-bond acceptors (Lipinski definition) is 2. The van der Waals surface area contributed by atoms with Crippen molar-refractivity contribution in [1.82, 2.24) is 4.98 Å². The molecule has 1 aliphatic carbocycles. The van der Waals surface area contributed by atoms with E-state index in [1.54, 1.807) is 7.11 Å². The largest absolute Gasteiger partial charge is 0.495 e. The van der Waals surface area contributed by atoms with Crippen molar-refractivity contribution in [3.05, 3.63) is 29.0 Å². The summed E-state index contributed by atoms with van der Waals surface area (Å²) in [4.78, 5) is 3.56. The highest BCUT2D eigenvalue weighted by molar-refractivity contribution is 5.92. The molecule has 3 rings (SSSR count). The number of nitrogens with one attached hydrogen (secondary N) is 1. The number of fused-ring (bicyclic) bond motifs is 3. The number of H-pyrrole nitrogens is 1. The molecule has 2 aromatic rings. The topological polar surface area (TPSA) is 51.0 Å². The number of benzene rings is 1. The van der Waals surface area contributed by atoms with Crippen molar-refractivity contribution in [2.24, 2.45) is 11.7 Å². The van der Waals surface area contributed by atoms with Crippen LogP contribution in [0, 0.1) is 12.8 Å². The van der Waals surface area contributed by atoms with Gasteiger partial charge in [0.25, 0.3) is 0 Å². The van der Waals surface area contributed by atoms with Gasteiger partial charge in [-0.3, -0.25) is 0 Å². The summed E-state index contributed by atoms with van der Waals surface area (Å²) in [5, 5.41) is 1.35. The van der Waals surface area contributed by atoms with Gasteiger partial charge >= 0.3 is 0 Å². The van der Waals surface area contributed by atoms with Gasteiger partial charge in [0.15, 0.2) is 0 Å². The van der Waals surface area contributed by atoms with E-state index in [0.717, 1.165) is 30.7 Å². The summed E-state index contributed by atoms with van der Waals surface area (Å²) < 4.78 is 5.46. The summed E-state index contributed by atoms with van der Waals surface area (Å²) in [6, 6.07) is 4.18. The monoisotopic (exact) mass is 244 g/mol. The Bertz CT molecular complexity index is 586. The predicted octanol–water partition coefficient (Wildman–Crippen LogP) is 2.55. The molecule has 96 valence electrons. The highest BCUT2D eigenvalue weighted by Crippen LogP contribution is 2.37. The molecule has 3 nitrogen and oxygen atoms in total. The van der Waals surface area contributed by atoms with E-state index in [1.165, 1.54) is 28.6 Å². The molecular formula is C15H20N2O. The quantitative estimate of drug-likeness (QED) is 0.853. The average molecular weight is 244 g/mol. The third-order valence-electron chi connectivity index (χ3n) is 4.17. The fourth-order valence-electron chi connectivity index (χ4n) is 3.13. The molecule has 1 heterocycles. The molecule has 3 heteroatoms. The van der Waals surface area contributed by atoms with Crippen LogP contribution in [0.5, 0.6) is 5.75 Å². The molecule has 1 atom stereocenters. The van der Waals surface area contributed by atoms with Crippen LogP contribution in [0.4, 0.5) is 0 Å². The fourth-order valence-corrected chi connectivity index (χ4v) is 3.13. The molecule has 0 saturated heterocycles.